The number of hydrogen-bond donors (Lipinski definition) is 1. The highest BCUT2D eigenvalue weighted by atomic mass is 19.3. The van der Waals surface area contributed by atoms with Crippen molar-refractivity contribution in [3.63, 3.8) is 0 Å². The molecular formula is C12H14F4O3. The Kier molecular flexibility index (Phi) is 5.88. The topological polar surface area (TPSA) is 38.7 Å². The number of hydrogen-bond acceptors (Lipinski definition) is 3. The first-order valence-electron chi connectivity index (χ1n) is 5.65. The molecule has 0 spiro atoms. The lowest BCUT2D eigenvalue weighted by molar-refractivity contribution is -0.0693. The van der Waals surface area contributed by atoms with E-state index < -0.39 is 30.8 Å². The van der Waals surface area contributed by atoms with E-state index in [1.165, 1.54) is 6.07 Å². The van der Waals surface area contributed by atoms with E-state index in [0.717, 1.165) is 12.1 Å². The Morgan fingerprint density at radius 1 is 1.05 bits per heavy atom. The van der Waals surface area contributed by atoms with Crippen LogP contribution in [0.3, 0.4) is 0 Å². The number of aliphatic hydroxyl groups is 1. The molecule has 0 saturated heterocycles. The van der Waals surface area contributed by atoms with Crippen LogP contribution in [0.1, 0.15) is 31.4 Å². The SMILES string of the molecule is CCCC(O)c1ccc(OC(F)F)c(OC(F)F)c1. The maximum absolute atomic E-state index is 12.2. The number of benzene rings is 1. The summed E-state index contributed by atoms with van der Waals surface area (Å²) in [6.07, 6.45) is 0.232. The van der Waals surface area contributed by atoms with Crippen LogP contribution >= 0.6 is 0 Å². The zero-order chi connectivity index (χ0) is 14.4. The summed E-state index contributed by atoms with van der Waals surface area (Å²) >= 11 is 0. The molecule has 1 unspecified atom stereocenters. The lowest BCUT2D eigenvalue weighted by Crippen LogP contribution is -2.08. The molecule has 0 aliphatic rings. The number of halogens is 4. The maximum Gasteiger partial charge on any atom is 0.387 e. The molecule has 0 radical (unpaired) electrons. The van der Waals surface area contributed by atoms with Gasteiger partial charge < -0.3 is 14.6 Å². The van der Waals surface area contributed by atoms with Crippen LogP contribution < -0.4 is 9.47 Å². The number of alkyl halides is 4. The number of aliphatic hydroxyl groups excluding tert-OH is 1. The molecule has 1 rings (SSSR count). The van der Waals surface area contributed by atoms with Gasteiger partial charge in [0, 0.05) is 0 Å². The smallest absolute Gasteiger partial charge is 0.387 e. The largest absolute Gasteiger partial charge is 0.431 e. The van der Waals surface area contributed by atoms with Gasteiger partial charge in [0.15, 0.2) is 11.5 Å². The zero-order valence-corrected chi connectivity index (χ0v) is 10.2. The summed E-state index contributed by atoms with van der Waals surface area (Å²) in [6.45, 7) is -4.47. The van der Waals surface area contributed by atoms with E-state index in [4.69, 9.17) is 0 Å². The van der Waals surface area contributed by atoms with E-state index in [9.17, 15) is 22.7 Å². The summed E-state index contributed by atoms with van der Waals surface area (Å²) < 4.78 is 56.8. The van der Waals surface area contributed by atoms with Crippen molar-refractivity contribution >= 4 is 0 Å². The summed E-state index contributed by atoms with van der Waals surface area (Å²) in [7, 11) is 0. The Morgan fingerprint density at radius 2 is 1.63 bits per heavy atom. The fourth-order valence-corrected chi connectivity index (χ4v) is 1.55. The molecule has 0 amide bonds. The molecule has 0 fully saturated rings. The maximum atomic E-state index is 12.2. The molecule has 0 aromatic heterocycles. The van der Waals surface area contributed by atoms with Crippen LogP contribution in [0.5, 0.6) is 11.5 Å². The monoisotopic (exact) mass is 282 g/mol. The van der Waals surface area contributed by atoms with Crippen LogP contribution in [0.25, 0.3) is 0 Å². The number of ether oxygens (including phenoxy) is 2. The fraction of sp³-hybridized carbons (Fsp3) is 0.500. The molecule has 1 aromatic rings. The van der Waals surface area contributed by atoms with Gasteiger partial charge in [0.05, 0.1) is 6.10 Å². The molecule has 0 aliphatic carbocycles. The van der Waals surface area contributed by atoms with E-state index in [1.807, 2.05) is 6.92 Å². The Hall–Kier alpha value is -1.50. The van der Waals surface area contributed by atoms with E-state index in [1.54, 1.807) is 0 Å². The van der Waals surface area contributed by atoms with Gasteiger partial charge in [-0.25, -0.2) is 0 Å². The Labute approximate surface area is 107 Å². The minimum absolute atomic E-state index is 0.305. The predicted octanol–water partition coefficient (Wildman–Crippen LogP) is 3.72. The second-order valence-corrected chi connectivity index (χ2v) is 3.77. The zero-order valence-electron chi connectivity index (χ0n) is 10.2. The normalized spacial score (nSPS) is 12.8. The molecule has 0 saturated carbocycles. The van der Waals surface area contributed by atoms with Crippen LogP contribution in [-0.2, 0) is 0 Å². The highest BCUT2D eigenvalue weighted by molar-refractivity contribution is 5.43. The first-order chi connectivity index (χ1) is 8.93. The fourth-order valence-electron chi connectivity index (χ4n) is 1.55. The molecule has 0 aliphatic heterocycles. The third-order valence-corrected chi connectivity index (χ3v) is 2.35. The molecule has 7 heteroatoms. The Bertz CT molecular complexity index is 399. The van der Waals surface area contributed by atoms with Crippen molar-refractivity contribution in [2.75, 3.05) is 0 Å². The lowest BCUT2D eigenvalue weighted by Gasteiger charge is -2.15. The van der Waals surface area contributed by atoms with Crippen LogP contribution in [0.4, 0.5) is 17.6 Å². The van der Waals surface area contributed by atoms with Crippen LogP contribution in [0.2, 0.25) is 0 Å². The molecule has 19 heavy (non-hydrogen) atoms. The third-order valence-electron chi connectivity index (χ3n) is 2.35. The van der Waals surface area contributed by atoms with Gasteiger partial charge >= 0.3 is 13.2 Å². The van der Waals surface area contributed by atoms with Gasteiger partial charge in [0.2, 0.25) is 0 Å². The van der Waals surface area contributed by atoms with Gasteiger partial charge in [-0.2, -0.15) is 17.6 Å². The van der Waals surface area contributed by atoms with Gasteiger partial charge in [-0.05, 0) is 24.1 Å². The summed E-state index contributed by atoms with van der Waals surface area (Å²) in [4.78, 5) is 0. The highest BCUT2D eigenvalue weighted by Crippen LogP contribution is 2.33. The predicted molar refractivity (Wildman–Crippen MR) is 59.6 cm³/mol. The quantitative estimate of drug-likeness (QED) is 0.774. The van der Waals surface area contributed by atoms with Crippen molar-refractivity contribution in [1.82, 2.24) is 0 Å². The van der Waals surface area contributed by atoms with Crippen molar-refractivity contribution < 1.29 is 32.1 Å². The minimum Gasteiger partial charge on any atom is -0.431 e. The molecule has 1 atom stereocenters. The highest BCUT2D eigenvalue weighted by Gasteiger charge is 2.17. The van der Waals surface area contributed by atoms with Crippen molar-refractivity contribution in [2.24, 2.45) is 0 Å². The average molecular weight is 282 g/mol. The Balaban J connectivity index is 3.00. The molecular weight excluding hydrogens is 268 g/mol. The minimum atomic E-state index is -3.17. The second-order valence-electron chi connectivity index (χ2n) is 3.77. The first kappa shape index (κ1) is 15.6. The van der Waals surface area contributed by atoms with E-state index in [2.05, 4.69) is 9.47 Å². The number of rotatable bonds is 7. The van der Waals surface area contributed by atoms with Gasteiger partial charge in [0.1, 0.15) is 0 Å². The van der Waals surface area contributed by atoms with Crippen molar-refractivity contribution in [1.29, 1.82) is 0 Å². The standard InChI is InChI=1S/C12H14F4O3/c1-2-3-8(17)7-4-5-9(18-11(13)14)10(6-7)19-12(15)16/h4-6,8,11-12,17H,2-3H2,1H3. The van der Waals surface area contributed by atoms with Crippen LogP contribution in [0.15, 0.2) is 18.2 Å². The third kappa shape index (κ3) is 4.94. The molecule has 0 bridgehead atoms. The molecule has 108 valence electrons. The van der Waals surface area contributed by atoms with Gasteiger partial charge in [-0.15, -0.1) is 0 Å². The summed E-state index contributed by atoms with van der Waals surface area (Å²) in [5.41, 5.74) is 0.305. The summed E-state index contributed by atoms with van der Waals surface area (Å²) in [6, 6.07) is 3.47. The van der Waals surface area contributed by atoms with Crippen molar-refractivity contribution in [3.05, 3.63) is 23.8 Å². The van der Waals surface area contributed by atoms with Gasteiger partial charge in [-0.1, -0.05) is 19.4 Å². The Morgan fingerprint density at radius 3 is 2.16 bits per heavy atom. The second kappa shape index (κ2) is 7.18. The summed E-state index contributed by atoms with van der Waals surface area (Å²) in [5, 5.41) is 9.72. The molecule has 1 aromatic carbocycles. The van der Waals surface area contributed by atoms with E-state index in [0.29, 0.717) is 18.4 Å². The van der Waals surface area contributed by atoms with Crippen molar-refractivity contribution in [2.45, 2.75) is 39.1 Å². The molecule has 3 nitrogen and oxygen atoms in total. The van der Waals surface area contributed by atoms with E-state index >= 15 is 0 Å². The molecule has 0 heterocycles. The summed E-state index contributed by atoms with van der Waals surface area (Å²) in [5.74, 6) is -1.02. The van der Waals surface area contributed by atoms with E-state index in [-0.39, 0.29) is 0 Å². The van der Waals surface area contributed by atoms with Crippen LogP contribution in [-0.4, -0.2) is 18.3 Å². The average Bonchev–Trinajstić information content (AvgIpc) is 2.30. The lowest BCUT2D eigenvalue weighted by atomic mass is 10.0. The van der Waals surface area contributed by atoms with Gasteiger partial charge in [0.25, 0.3) is 0 Å². The van der Waals surface area contributed by atoms with Crippen molar-refractivity contribution in [3.8, 4) is 11.5 Å². The van der Waals surface area contributed by atoms with Gasteiger partial charge in [-0.3, -0.25) is 0 Å². The van der Waals surface area contributed by atoms with Crippen LogP contribution in [0, 0.1) is 0 Å². The first-order valence-corrected chi connectivity index (χ1v) is 5.65. The molecule has 1 N–H and O–H groups in total.